The second-order valence-corrected chi connectivity index (χ2v) is 7.66. The van der Waals surface area contributed by atoms with E-state index in [1.54, 1.807) is 17.2 Å². The average Bonchev–Trinajstić information content (AvgIpc) is 3.60. The molecule has 0 aliphatic rings. The van der Waals surface area contributed by atoms with Crippen LogP contribution >= 0.6 is 0 Å². The summed E-state index contributed by atoms with van der Waals surface area (Å²) >= 11 is 0. The molecule has 3 aromatic heterocycles. The Labute approximate surface area is 201 Å². The molecule has 0 unspecified atom stereocenters. The van der Waals surface area contributed by atoms with Crippen molar-refractivity contribution in [3.63, 3.8) is 0 Å². The zero-order valence-corrected chi connectivity index (χ0v) is 18.5. The summed E-state index contributed by atoms with van der Waals surface area (Å²) in [5, 5.41) is 12.0. The molecule has 1 amide bonds. The molecule has 0 aliphatic heterocycles. The van der Waals surface area contributed by atoms with Gasteiger partial charge in [0.25, 0.3) is 11.8 Å². The van der Waals surface area contributed by atoms with Crippen LogP contribution in [0.1, 0.15) is 16.2 Å². The van der Waals surface area contributed by atoms with E-state index in [1.807, 2.05) is 35.0 Å². The number of nitrogens with zero attached hydrogens (tertiary/aromatic N) is 6. The molecule has 184 valence electrons. The van der Waals surface area contributed by atoms with Crippen LogP contribution in [0.3, 0.4) is 0 Å². The number of halogens is 3. The summed E-state index contributed by atoms with van der Waals surface area (Å²) in [4.78, 5) is 20.8. The van der Waals surface area contributed by atoms with E-state index in [1.165, 1.54) is 12.1 Å². The molecule has 1 N–H and O–H groups in total. The number of imidazole rings is 1. The predicted molar refractivity (Wildman–Crippen MR) is 120 cm³/mol. The van der Waals surface area contributed by atoms with Gasteiger partial charge >= 0.3 is 6.36 Å². The van der Waals surface area contributed by atoms with Crippen LogP contribution < -0.4 is 10.1 Å². The molecule has 36 heavy (non-hydrogen) atoms. The number of amides is 1. The third kappa shape index (κ3) is 5.19. The van der Waals surface area contributed by atoms with Crippen LogP contribution in [0.2, 0.25) is 0 Å². The van der Waals surface area contributed by atoms with E-state index in [0.717, 1.165) is 23.0 Å². The fourth-order valence-electron chi connectivity index (χ4n) is 3.59. The normalized spacial score (nSPS) is 11.6. The van der Waals surface area contributed by atoms with Crippen molar-refractivity contribution in [3.8, 4) is 17.3 Å². The molecular weight excluding hydrogens is 479 g/mol. The van der Waals surface area contributed by atoms with Crippen LogP contribution in [0.4, 0.5) is 13.2 Å². The number of carbonyl (C=O) groups excluding carboxylic acids is 1. The van der Waals surface area contributed by atoms with E-state index in [2.05, 4.69) is 30.3 Å². The molecule has 0 spiro atoms. The van der Waals surface area contributed by atoms with Crippen LogP contribution in [0, 0.1) is 0 Å². The highest BCUT2D eigenvalue weighted by molar-refractivity contribution is 5.94. The molecule has 0 radical (unpaired) electrons. The number of hydrogen-bond donors (Lipinski definition) is 1. The fraction of sp³-hybridized carbons (Fsp3) is 0.174. The van der Waals surface area contributed by atoms with Crippen molar-refractivity contribution < 1.29 is 27.2 Å². The maximum atomic E-state index is 12.4. The second kappa shape index (κ2) is 9.52. The van der Waals surface area contributed by atoms with Gasteiger partial charge < -0.3 is 19.1 Å². The molecule has 3 heterocycles. The number of alkyl halides is 3. The van der Waals surface area contributed by atoms with Gasteiger partial charge in [0, 0.05) is 29.9 Å². The number of aryl methyl sites for hydroxylation is 2. The van der Waals surface area contributed by atoms with Crippen molar-refractivity contribution in [1.82, 2.24) is 34.8 Å². The van der Waals surface area contributed by atoms with Crippen molar-refractivity contribution >= 4 is 16.8 Å². The number of aromatic nitrogens is 6. The summed E-state index contributed by atoms with van der Waals surface area (Å²) < 4.78 is 49.9. The molecule has 10 nitrogen and oxygen atoms in total. The quantitative estimate of drug-likeness (QED) is 0.347. The maximum absolute atomic E-state index is 12.4. The largest absolute Gasteiger partial charge is 0.573 e. The molecule has 0 fully saturated rings. The van der Waals surface area contributed by atoms with E-state index < -0.39 is 18.0 Å². The Kier molecular flexibility index (Phi) is 6.10. The van der Waals surface area contributed by atoms with Gasteiger partial charge in [-0.25, -0.2) is 4.98 Å². The molecule has 5 rings (SSSR count). The molecule has 0 saturated heterocycles. The van der Waals surface area contributed by atoms with Gasteiger partial charge in [-0.15, -0.1) is 13.2 Å². The molecule has 5 aromatic rings. The van der Waals surface area contributed by atoms with Gasteiger partial charge in [0.1, 0.15) is 11.4 Å². The Hall–Kier alpha value is -4.68. The number of benzene rings is 2. The zero-order chi connectivity index (χ0) is 25.1. The van der Waals surface area contributed by atoms with E-state index in [9.17, 15) is 18.0 Å². The number of fused-ring (bicyclic) bond motifs is 1. The lowest BCUT2D eigenvalue weighted by Gasteiger charge is -2.09. The van der Waals surface area contributed by atoms with Gasteiger partial charge in [0.2, 0.25) is 0 Å². The van der Waals surface area contributed by atoms with E-state index in [0.29, 0.717) is 18.8 Å². The van der Waals surface area contributed by atoms with Gasteiger partial charge in [-0.05, 0) is 30.3 Å². The van der Waals surface area contributed by atoms with Crippen LogP contribution in [0.15, 0.2) is 71.8 Å². The summed E-state index contributed by atoms with van der Waals surface area (Å²) in [6.45, 7) is 1.11. The summed E-state index contributed by atoms with van der Waals surface area (Å²) in [6.07, 6.45) is 0.463. The van der Waals surface area contributed by atoms with Crippen LogP contribution in [0.5, 0.6) is 5.75 Å². The van der Waals surface area contributed by atoms with Gasteiger partial charge in [-0.2, -0.15) is 10.1 Å². The minimum absolute atomic E-state index is 0.0513. The molecule has 0 bridgehead atoms. The number of ether oxygens (including phenoxy) is 1. The van der Waals surface area contributed by atoms with Gasteiger partial charge in [-0.1, -0.05) is 23.4 Å². The lowest BCUT2D eigenvalue weighted by atomic mass is 10.2. The first-order valence-electron chi connectivity index (χ1n) is 10.7. The Balaban J connectivity index is 1.29. The predicted octanol–water partition coefficient (Wildman–Crippen LogP) is 3.81. The standard InChI is InChI=1S/C23H18F3N7O3/c24-23(25,26)35-16-7-5-15(6-8-16)21(34)28-13-19-29-22(36-31-19)20-17-3-1-2-4-18(17)30-33(20)12-11-32-10-9-27-14-32/h1-10,14H,11-13H2,(H,28,34). The molecular formula is C23H18F3N7O3. The zero-order valence-electron chi connectivity index (χ0n) is 18.5. The molecule has 2 aromatic carbocycles. The van der Waals surface area contributed by atoms with Crippen molar-refractivity contribution in [1.29, 1.82) is 0 Å². The second-order valence-electron chi connectivity index (χ2n) is 7.66. The Morgan fingerprint density at radius 3 is 2.64 bits per heavy atom. The first-order chi connectivity index (χ1) is 17.4. The summed E-state index contributed by atoms with van der Waals surface area (Å²) in [7, 11) is 0. The number of rotatable bonds is 8. The van der Waals surface area contributed by atoms with Gasteiger partial charge in [0.15, 0.2) is 5.82 Å². The number of hydrogen-bond acceptors (Lipinski definition) is 7. The van der Waals surface area contributed by atoms with Gasteiger partial charge in [-0.3, -0.25) is 9.48 Å². The fourth-order valence-corrected chi connectivity index (χ4v) is 3.59. The monoisotopic (exact) mass is 497 g/mol. The first-order valence-corrected chi connectivity index (χ1v) is 10.7. The third-order valence-electron chi connectivity index (χ3n) is 5.20. The topological polar surface area (TPSA) is 113 Å². The minimum atomic E-state index is -4.81. The molecule has 0 aliphatic carbocycles. The van der Waals surface area contributed by atoms with E-state index in [-0.39, 0.29) is 23.8 Å². The van der Waals surface area contributed by atoms with Gasteiger partial charge in [0.05, 0.1) is 24.9 Å². The van der Waals surface area contributed by atoms with Crippen molar-refractivity contribution in [2.45, 2.75) is 26.0 Å². The summed E-state index contributed by atoms with van der Waals surface area (Å²) in [5.41, 5.74) is 1.57. The van der Waals surface area contributed by atoms with Crippen molar-refractivity contribution in [2.24, 2.45) is 0 Å². The Bertz CT molecular complexity index is 1480. The summed E-state index contributed by atoms with van der Waals surface area (Å²) in [5.74, 6) is -0.469. The number of carbonyl (C=O) groups is 1. The third-order valence-corrected chi connectivity index (χ3v) is 5.20. The highest BCUT2D eigenvalue weighted by Crippen LogP contribution is 2.28. The Morgan fingerprint density at radius 2 is 1.89 bits per heavy atom. The van der Waals surface area contributed by atoms with Crippen LogP contribution in [-0.4, -0.2) is 41.7 Å². The number of nitrogens with one attached hydrogen (secondary N) is 1. The van der Waals surface area contributed by atoms with E-state index >= 15 is 0 Å². The minimum Gasteiger partial charge on any atom is -0.406 e. The van der Waals surface area contributed by atoms with Crippen LogP contribution in [0.25, 0.3) is 22.5 Å². The highest BCUT2D eigenvalue weighted by atomic mass is 19.4. The SMILES string of the molecule is O=C(NCc1noc(-c2c3ccccc3nn2CCn2ccnc2)n1)c1ccc(OC(F)(F)F)cc1. The lowest BCUT2D eigenvalue weighted by Crippen LogP contribution is -2.23. The van der Waals surface area contributed by atoms with Crippen LogP contribution in [-0.2, 0) is 19.6 Å². The smallest absolute Gasteiger partial charge is 0.406 e. The van der Waals surface area contributed by atoms with E-state index in [4.69, 9.17) is 4.52 Å². The summed E-state index contributed by atoms with van der Waals surface area (Å²) in [6, 6.07) is 12.1. The molecule has 0 saturated carbocycles. The first kappa shape index (κ1) is 23.1. The average molecular weight is 497 g/mol. The lowest BCUT2D eigenvalue weighted by molar-refractivity contribution is -0.274. The van der Waals surface area contributed by atoms with Crippen molar-refractivity contribution in [3.05, 3.63) is 78.6 Å². The van der Waals surface area contributed by atoms with Crippen molar-refractivity contribution in [2.75, 3.05) is 0 Å². The highest BCUT2D eigenvalue weighted by Gasteiger charge is 2.31. The maximum Gasteiger partial charge on any atom is 0.573 e. The molecule has 0 atom stereocenters. The molecule has 13 heteroatoms. The Morgan fingerprint density at radius 1 is 1.08 bits per heavy atom.